The van der Waals surface area contributed by atoms with E-state index in [1.165, 1.54) is 60.7 Å². The van der Waals surface area contributed by atoms with Gasteiger partial charge in [-0.05, 0) is 150 Å². The molecule has 68 heavy (non-hydrogen) atoms. The van der Waals surface area contributed by atoms with Crippen LogP contribution in [-0.2, 0) is 30.4 Å². The molecule has 0 aliphatic carbocycles. The molecule has 8 rings (SSSR count). The van der Waals surface area contributed by atoms with Crippen molar-refractivity contribution in [3.8, 4) is 34.5 Å². The molecule has 0 saturated carbocycles. The molecule has 0 N–H and O–H groups in total. The van der Waals surface area contributed by atoms with Gasteiger partial charge in [0.1, 0.15) is 14.7 Å². The Balaban J connectivity index is 1.44. The van der Waals surface area contributed by atoms with Crippen molar-refractivity contribution >= 4 is 153 Å². The minimum Gasteiger partial charge on any atom is -0.867 e. The summed E-state index contributed by atoms with van der Waals surface area (Å²) in [5, 5.41) is 66.2. The van der Waals surface area contributed by atoms with Crippen molar-refractivity contribution < 1.29 is 57.9 Å². The predicted molar refractivity (Wildman–Crippen MR) is 262 cm³/mol. The summed E-state index contributed by atoms with van der Waals surface area (Å²) in [6, 6.07) is 22.7. The minimum absolute atomic E-state index is 0.0404. The number of hydrogen-bond donors (Lipinski definition) is 0. The Kier molecular flexibility index (Phi) is 12.7. The highest BCUT2D eigenvalue weighted by Gasteiger charge is 2.37. The largest absolute Gasteiger partial charge is 0.867 e. The van der Waals surface area contributed by atoms with Crippen LogP contribution in [0.4, 0.5) is 17.1 Å². The number of carbonyl (C=O) groups excluding carboxylic acids is 1. The molecule has 0 unspecified atom stereocenters. The lowest BCUT2D eigenvalue weighted by Gasteiger charge is -2.21. The third-order valence-electron chi connectivity index (χ3n) is 10.1. The normalized spacial score (nSPS) is 11.7. The van der Waals surface area contributed by atoms with E-state index in [0.717, 1.165) is 48.5 Å². The van der Waals surface area contributed by atoms with Crippen LogP contribution in [0.3, 0.4) is 0 Å². The van der Waals surface area contributed by atoms with Crippen LogP contribution >= 0.6 is 67.8 Å². The molecule has 0 aliphatic heterocycles. The van der Waals surface area contributed by atoms with Gasteiger partial charge in [0.05, 0.1) is 5.56 Å². The van der Waals surface area contributed by atoms with Gasteiger partial charge in [0.15, 0.2) is 26.5 Å². The molecule has 0 aromatic heterocycles. The van der Waals surface area contributed by atoms with Crippen LogP contribution < -0.4 is 27.9 Å². The lowest BCUT2D eigenvalue weighted by Crippen LogP contribution is -2.20. The van der Waals surface area contributed by atoms with E-state index in [1.807, 2.05) is 0 Å². The third-order valence-corrected chi connectivity index (χ3v) is 17.9. The molecule has 0 aliphatic rings. The summed E-state index contributed by atoms with van der Waals surface area (Å²) in [7, 11) is -16.2. The molecule has 0 heterocycles. The average Bonchev–Trinajstić information content (AvgIpc) is 3.29. The maximum Gasteiger partial charge on any atom is 0.378 e. The Bertz CT molecular complexity index is 4030. The Hall–Kier alpha value is -6.69. The van der Waals surface area contributed by atoms with E-state index in [2.05, 4.69) is 14.9 Å². The molecule has 25 heteroatoms. The fraction of sp³-hybridized carbons (Fsp3) is 0. The Morgan fingerprint density at radius 3 is 1.18 bits per heavy atom. The molecule has 0 bridgehead atoms. The molecule has 0 amide bonds. The van der Waals surface area contributed by atoms with Gasteiger partial charge >= 0.3 is 47.4 Å². The molecular formula is C43H19I3N6O13S3. The average molecular weight is 1300 g/mol. The summed E-state index contributed by atoms with van der Waals surface area (Å²) in [5.41, 5.74) is -2.17. The highest BCUT2D eigenvalue weighted by Crippen LogP contribution is 2.48. The van der Waals surface area contributed by atoms with Gasteiger partial charge in [-0.15, -0.1) is 0 Å². The highest BCUT2D eigenvalue weighted by atomic mass is 127. The zero-order valence-corrected chi connectivity index (χ0v) is 42.2. The van der Waals surface area contributed by atoms with Crippen LogP contribution in [0.25, 0.3) is 47.2 Å². The first-order chi connectivity index (χ1) is 32.2. The SMILES string of the molecule is N#[N+]c1ccc2c(S(=O)(=O)Oc3ccc(C(=O)c4ccccc4)c(OS(=O)(=O)c4c(I)ccc5c([O-])c([N+]#N)ccc45)c3OS(=O)(=O)c3c(I)ccc4c([O-])c([N+]#N)ccc34)c(I)ccc2c1[O-]. The van der Waals surface area contributed by atoms with Crippen LogP contribution in [0, 0.1) is 26.9 Å². The fourth-order valence-electron chi connectivity index (χ4n) is 7.09. The van der Waals surface area contributed by atoms with Crippen molar-refractivity contribution in [2.24, 2.45) is 0 Å². The van der Waals surface area contributed by atoms with Gasteiger partial charge in [-0.1, -0.05) is 48.5 Å². The van der Waals surface area contributed by atoms with Crippen LogP contribution in [0.1, 0.15) is 15.9 Å². The maximum atomic E-state index is 14.9. The zero-order chi connectivity index (χ0) is 49.0. The quantitative estimate of drug-likeness (QED) is 0.0504. The van der Waals surface area contributed by atoms with Crippen molar-refractivity contribution in [1.29, 1.82) is 16.2 Å². The summed E-state index contributed by atoms with van der Waals surface area (Å²) in [6.07, 6.45) is 0. The smallest absolute Gasteiger partial charge is 0.378 e. The molecule has 338 valence electrons. The van der Waals surface area contributed by atoms with Gasteiger partial charge in [-0.3, -0.25) is 4.79 Å². The number of fused-ring (bicyclic) bond motifs is 3. The molecule has 0 spiro atoms. The Morgan fingerprint density at radius 2 is 0.794 bits per heavy atom. The second-order valence-corrected chi connectivity index (χ2v) is 22.0. The number of nitrogens with zero attached hydrogens (tertiary/aromatic N) is 6. The molecule has 19 nitrogen and oxygen atoms in total. The molecule has 8 aromatic carbocycles. The summed E-state index contributed by atoms with van der Waals surface area (Å²) in [6.45, 7) is 0. The minimum atomic E-state index is -5.47. The summed E-state index contributed by atoms with van der Waals surface area (Å²) in [5.74, 6) is -7.36. The van der Waals surface area contributed by atoms with Crippen molar-refractivity contribution in [2.75, 3.05) is 0 Å². The molecule has 0 radical (unpaired) electrons. The number of diazo groups is 3. The topological polar surface area (TPSA) is 301 Å². The summed E-state index contributed by atoms with van der Waals surface area (Å²) >= 11 is 4.86. The summed E-state index contributed by atoms with van der Waals surface area (Å²) < 4.78 is 105. The van der Waals surface area contributed by atoms with Crippen LogP contribution in [0.15, 0.2) is 130 Å². The molecule has 0 atom stereocenters. The van der Waals surface area contributed by atoms with Crippen molar-refractivity contribution in [2.45, 2.75) is 14.7 Å². The molecular weight excluding hydrogens is 1290 g/mol. The van der Waals surface area contributed by atoms with Gasteiger partial charge < -0.3 is 27.9 Å². The molecule has 0 saturated heterocycles. The van der Waals surface area contributed by atoms with E-state index in [1.54, 1.807) is 73.8 Å². The van der Waals surface area contributed by atoms with Gasteiger partial charge in [-0.2, -0.15) is 25.3 Å². The zero-order valence-electron chi connectivity index (χ0n) is 33.3. The Morgan fingerprint density at radius 1 is 0.441 bits per heavy atom. The number of benzene rings is 8. The van der Waals surface area contributed by atoms with Crippen LogP contribution in [-0.4, -0.2) is 31.0 Å². The van der Waals surface area contributed by atoms with Crippen molar-refractivity contribution in [3.05, 3.63) is 152 Å². The van der Waals surface area contributed by atoms with E-state index in [0.29, 0.717) is 0 Å². The van der Waals surface area contributed by atoms with E-state index in [9.17, 15) is 61.5 Å². The maximum absolute atomic E-state index is 14.9. The van der Waals surface area contributed by atoms with Gasteiger partial charge in [0.2, 0.25) is 27.7 Å². The van der Waals surface area contributed by atoms with Gasteiger partial charge in [0.25, 0.3) is 0 Å². The number of halogens is 3. The number of hydrogen-bond acceptors (Lipinski definition) is 16. The van der Waals surface area contributed by atoms with E-state index >= 15 is 0 Å². The van der Waals surface area contributed by atoms with E-state index in [4.69, 9.17) is 12.5 Å². The number of ketones is 1. The van der Waals surface area contributed by atoms with Crippen molar-refractivity contribution in [1.82, 2.24) is 0 Å². The standard InChI is InChI=1S/C43H19I3N6O13S3/c44-28-13-6-21-24(9-16-31(50-47)36(21)54)41(28)66(57,58)63-34-19-12-27(35(53)20-4-2-1-3-5-20)39(64-67(59,60)42-25-10-17-32(51-48)37(55)22(25)7-14-29(42)45)40(34)65-68(61,62)43-26-11-18-33(52-49)38(56)23(26)8-15-30(43)46/h1-19H. The second kappa shape index (κ2) is 18.1. The Labute approximate surface area is 424 Å². The van der Waals surface area contributed by atoms with Crippen LogP contribution in [0.5, 0.6) is 34.5 Å². The predicted octanol–water partition coefficient (Wildman–Crippen LogP) is 9.17. The fourth-order valence-corrected chi connectivity index (χ4v) is 14.6. The lowest BCUT2D eigenvalue weighted by molar-refractivity contribution is -0.265. The van der Waals surface area contributed by atoms with E-state index in [-0.39, 0.29) is 48.6 Å². The van der Waals surface area contributed by atoms with Gasteiger partial charge in [-0.25, -0.2) is 0 Å². The van der Waals surface area contributed by atoms with Gasteiger partial charge in [0, 0.05) is 50.6 Å². The first-order valence-corrected chi connectivity index (χ1v) is 26.1. The van der Waals surface area contributed by atoms with E-state index < -0.39 is 108 Å². The third kappa shape index (κ3) is 8.36. The monoisotopic (exact) mass is 1300 g/mol. The first-order valence-electron chi connectivity index (χ1n) is 18.7. The molecule has 8 aromatic rings. The lowest BCUT2D eigenvalue weighted by atomic mass is 10.0. The van der Waals surface area contributed by atoms with Crippen molar-refractivity contribution in [3.63, 3.8) is 0 Å². The first kappa shape index (κ1) is 47.8. The second-order valence-electron chi connectivity index (χ2n) is 14.0. The molecule has 0 fully saturated rings. The summed E-state index contributed by atoms with van der Waals surface area (Å²) in [4.78, 5) is 21.2. The van der Waals surface area contributed by atoms with Crippen LogP contribution in [0.2, 0.25) is 0 Å². The number of carbonyl (C=O) groups is 1. The highest BCUT2D eigenvalue weighted by molar-refractivity contribution is 14.1. The number of rotatable bonds is 11.